The smallest absolute Gasteiger partial charge is 0.299 e. The van der Waals surface area contributed by atoms with E-state index in [4.69, 9.17) is 23.7 Å². The summed E-state index contributed by atoms with van der Waals surface area (Å²) in [6, 6.07) is 1.86. The van der Waals surface area contributed by atoms with Crippen LogP contribution in [0.15, 0.2) is 11.0 Å². The molecule has 0 amide bonds. The first-order chi connectivity index (χ1) is 14.8. The maximum atomic E-state index is 12.0. The highest BCUT2D eigenvalue weighted by Gasteiger charge is 2.28. The summed E-state index contributed by atoms with van der Waals surface area (Å²) in [7, 11) is -2.87. The van der Waals surface area contributed by atoms with Crippen molar-refractivity contribution in [3.63, 3.8) is 0 Å². The summed E-state index contributed by atoms with van der Waals surface area (Å²) >= 11 is 2.73. The SMILES string of the molecule is CCCOCCOc1cc(-c2sc(C)c(S(=O)(=O)O)c2OCCOCCOC)sc1C. The van der Waals surface area contributed by atoms with Crippen LogP contribution in [0.3, 0.4) is 0 Å². The minimum atomic E-state index is -4.45. The molecule has 0 radical (unpaired) electrons. The van der Waals surface area contributed by atoms with Crippen LogP contribution in [0.5, 0.6) is 11.5 Å². The Kier molecular flexibility index (Phi) is 10.7. The van der Waals surface area contributed by atoms with Crippen LogP contribution in [0.1, 0.15) is 23.1 Å². The zero-order valence-corrected chi connectivity index (χ0v) is 20.7. The van der Waals surface area contributed by atoms with Gasteiger partial charge in [0.25, 0.3) is 10.1 Å². The third-order valence-electron chi connectivity index (χ3n) is 4.08. The highest BCUT2D eigenvalue weighted by Crippen LogP contribution is 2.48. The maximum Gasteiger partial charge on any atom is 0.299 e. The van der Waals surface area contributed by atoms with E-state index in [0.717, 1.165) is 16.2 Å². The fourth-order valence-electron chi connectivity index (χ4n) is 2.73. The van der Waals surface area contributed by atoms with Crippen LogP contribution in [0.2, 0.25) is 0 Å². The molecule has 0 saturated heterocycles. The van der Waals surface area contributed by atoms with Gasteiger partial charge in [0.15, 0.2) is 10.6 Å². The summed E-state index contributed by atoms with van der Waals surface area (Å²) < 4.78 is 61.1. The molecule has 2 heterocycles. The molecular formula is C20H30O8S3. The molecule has 0 aromatic carbocycles. The molecule has 2 aromatic rings. The summed E-state index contributed by atoms with van der Waals surface area (Å²) in [6.45, 7) is 8.52. The molecule has 0 fully saturated rings. The molecule has 0 saturated carbocycles. The van der Waals surface area contributed by atoms with E-state index in [1.807, 2.05) is 19.9 Å². The lowest BCUT2D eigenvalue weighted by molar-refractivity contribution is 0.0541. The van der Waals surface area contributed by atoms with E-state index in [-0.39, 0.29) is 23.9 Å². The van der Waals surface area contributed by atoms with Gasteiger partial charge in [-0.3, -0.25) is 4.55 Å². The van der Waals surface area contributed by atoms with Gasteiger partial charge in [0.05, 0.1) is 36.2 Å². The first-order valence-corrected chi connectivity index (χ1v) is 13.0. The molecule has 2 rings (SSSR count). The topological polar surface area (TPSA) is 101 Å². The average Bonchev–Trinajstić information content (AvgIpc) is 3.23. The Morgan fingerprint density at radius 2 is 1.55 bits per heavy atom. The van der Waals surface area contributed by atoms with Crippen molar-refractivity contribution < 1.29 is 36.7 Å². The van der Waals surface area contributed by atoms with Gasteiger partial charge >= 0.3 is 0 Å². The molecule has 2 aromatic heterocycles. The van der Waals surface area contributed by atoms with Gasteiger partial charge in [0, 0.05) is 29.5 Å². The van der Waals surface area contributed by atoms with Crippen LogP contribution >= 0.6 is 22.7 Å². The molecular weight excluding hydrogens is 464 g/mol. The lowest BCUT2D eigenvalue weighted by Crippen LogP contribution is -2.11. The van der Waals surface area contributed by atoms with E-state index in [9.17, 15) is 13.0 Å². The minimum absolute atomic E-state index is 0.137. The summed E-state index contributed by atoms with van der Waals surface area (Å²) in [5.74, 6) is 0.854. The molecule has 0 spiro atoms. The fourth-order valence-corrected chi connectivity index (χ4v) is 6.04. The van der Waals surface area contributed by atoms with Crippen molar-refractivity contribution in [1.82, 2.24) is 0 Å². The molecule has 176 valence electrons. The predicted molar refractivity (Wildman–Crippen MR) is 122 cm³/mol. The normalized spacial score (nSPS) is 11.8. The summed E-state index contributed by atoms with van der Waals surface area (Å²) in [4.78, 5) is 2.64. The van der Waals surface area contributed by atoms with Crippen LogP contribution in [0, 0.1) is 13.8 Å². The number of thiophene rings is 2. The minimum Gasteiger partial charge on any atom is -0.490 e. The molecule has 31 heavy (non-hydrogen) atoms. The standard InChI is InChI=1S/C20H30O8S3/c1-5-6-25-9-11-27-16-13-17(29-14(16)2)19-18(28-12-10-26-8-7-24-4)20(15(3)30-19)31(21,22)23/h13H,5-12H2,1-4H3,(H,21,22,23). The number of ether oxygens (including phenoxy) is 5. The molecule has 0 atom stereocenters. The summed E-state index contributed by atoms with van der Waals surface area (Å²) in [5, 5.41) is 0. The Bertz CT molecular complexity index is 917. The van der Waals surface area contributed by atoms with E-state index in [2.05, 4.69) is 0 Å². The molecule has 0 aliphatic heterocycles. The molecule has 1 N–H and O–H groups in total. The van der Waals surface area contributed by atoms with Gasteiger partial charge < -0.3 is 23.7 Å². The summed E-state index contributed by atoms with van der Waals surface area (Å²) in [5.41, 5.74) is 0. The second kappa shape index (κ2) is 12.7. The van der Waals surface area contributed by atoms with Crippen molar-refractivity contribution in [3.05, 3.63) is 15.8 Å². The number of methoxy groups -OCH3 is 1. The Morgan fingerprint density at radius 1 is 0.903 bits per heavy atom. The van der Waals surface area contributed by atoms with Crippen LogP contribution in [-0.2, 0) is 24.3 Å². The Hall–Kier alpha value is -1.21. The first-order valence-electron chi connectivity index (χ1n) is 9.91. The number of rotatable bonds is 15. The lowest BCUT2D eigenvalue weighted by atomic mass is 10.3. The van der Waals surface area contributed by atoms with Crippen molar-refractivity contribution in [2.75, 3.05) is 53.4 Å². The lowest BCUT2D eigenvalue weighted by Gasteiger charge is -2.09. The van der Waals surface area contributed by atoms with E-state index < -0.39 is 10.1 Å². The largest absolute Gasteiger partial charge is 0.490 e. The molecule has 8 nitrogen and oxygen atoms in total. The van der Waals surface area contributed by atoms with Crippen LogP contribution in [0.25, 0.3) is 9.75 Å². The van der Waals surface area contributed by atoms with Gasteiger partial charge in [-0.1, -0.05) is 6.92 Å². The van der Waals surface area contributed by atoms with Crippen LogP contribution in [0.4, 0.5) is 0 Å². The zero-order valence-electron chi connectivity index (χ0n) is 18.3. The quantitative estimate of drug-likeness (QED) is 0.291. The molecule has 0 aliphatic carbocycles. The third kappa shape index (κ3) is 7.70. The molecule has 0 aliphatic rings. The van der Waals surface area contributed by atoms with Gasteiger partial charge in [-0.25, -0.2) is 0 Å². The Balaban J connectivity index is 2.20. The van der Waals surface area contributed by atoms with Crippen molar-refractivity contribution in [2.24, 2.45) is 0 Å². The van der Waals surface area contributed by atoms with Gasteiger partial charge in [0.2, 0.25) is 0 Å². The maximum absolute atomic E-state index is 12.0. The van der Waals surface area contributed by atoms with E-state index in [1.165, 1.54) is 22.7 Å². The van der Waals surface area contributed by atoms with Gasteiger partial charge in [-0.2, -0.15) is 8.42 Å². The van der Waals surface area contributed by atoms with Crippen LogP contribution in [-0.4, -0.2) is 66.3 Å². The van der Waals surface area contributed by atoms with Crippen LogP contribution < -0.4 is 9.47 Å². The predicted octanol–water partition coefficient (Wildman–Crippen LogP) is 4.19. The summed E-state index contributed by atoms with van der Waals surface area (Å²) in [6.07, 6.45) is 0.954. The zero-order chi connectivity index (χ0) is 22.9. The average molecular weight is 495 g/mol. The first kappa shape index (κ1) is 26.0. The molecule has 0 unspecified atom stereocenters. The Morgan fingerprint density at radius 3 is 2.19 bits per heavy atom. The monoisotopic (exact) mass is 494 g/mol. The van der Waals surface area contributed by atoms with Crippen molar-refractivity contribution in [2.45, 2.75) is 32.1 Å². The van der Waals surface area contributed by atoms with Crippen molar-refractivity contribution in [1.29, 1.82) is 0 Å². The van der Waals surface area contributed by atoms with Gasteiger partial charge in [-0.15, -0.1) is 22.7 Å². The highest BCUT2D eigenvalue weighted by molar-refractivity contribution is 7.86. The van der Waals surface area contributed by atoms with Crippen molar-refractivity contribution in [3.8, 4) is 21.3 Å². The fraction of sp³-hybridized carbons (Fsp3) is 0.600. The van der Waals surface area contributed by atoms with Gasteiger partial charge in [0.1, 0.15) is 19.0 Å². The van der Waals surface area contributed by atoms with Crippen molar-refractivity contribution >= 4 is 32.8 Å². The number of aryl methyl sites for hydroxylation is 2. The van der Waals surface area contributed by atoms with Gasteiger partial charge in [-0.05, 0) is 20.3 Å². The second-order valence-electron chi connectivity index (χ2n) is 6.57. The van der Waals surface area contributed by atoms with E-state index in [0.29, 0.717) is 48.5 Å². The second-order valence-corrected chi connectivity index (χ2v) is 10.4. The number of hydrogen-bond donors (Lipinski definition) is 1. The Labute approximate surface area is 191 Å². The molecule has 0 bridgehead atoms. The number of hydrogen-bond acceptors (Lipinski definition) is 9. The third-order valence-corrected chi connectivity index (χ3v) is 7.52. The van der Waals surface area contributed by atoms with E-state index >= 15 is 0 Å². The van der Waals surface area contributed by atoms with E-state index in [1.54, 1.807) is 14.0 Å². The highest BCUT2D eigenvalue weighted by atomic mass is 32.2. The molecule has 11 heteroatoms.